The number of methoxy groups -OCH3 is 2. The topological polar surface area (TPSA) is 70.4 Å². The number of aromatic nitrogens is 3. The van der Waals surface area contributed by atoms with E-state index in [0.717, 1.165) is 33.7 Å². The molecule has 0 saturated carbocycles. The molecule has 2 aliphatic heterocycles. The number of halogens is 1. The Balaban J connectivity index is 1.62. The SMILES string of the molecule is COc1ccc([C@H]2Oc3ccc(Cl)cc3C3=C2[C@@H](c2ccccc2)n2ncnc2N3)cc1OC. The molecule has 0 bridgehead atoms. The zero-order valence-corrected chi connectivity index (χ0v) is 19.3. The Hall–Kier alpha value is -3.97. The first-order valence-corrected chi connectivity index (χ1v) is 11.2. The van der Waals surface area contributed by atoms with E-state index >= 15 is 0 Å². The number of hydrogen-bond acceptors (Lipinski definition) is 6. The van der Waals surface area contributed by atoms with Crippen molar-refractivity contribution in [3.05, 3.63) is 100 Å². The van der Waals surface area contributed by atoms with Crippen molar-refractivity contribution in [1.82, 2.24) is 14.8 Å². The Morgan fingerprint density at radius 3 is 2.56 bits per heavy atom. The summed E-state index contributed by atoms with van der Waals surface area (Å²) in [5.74, 6) is 2.68. The van der Waals surface area contributed by atoms with E-state index in [4.69, 9.17) is 25.8 Å². The lowest BCUT2D eigenvalue weighted by atomic mass is 9.84. The van der Waals surface area contributed by atoms with Crippen molar-refractivity contribution in [2.45, 2.75) is 12.1 Å². The highest BCUT2D eigenvalue weighted by molar-refractivity contribution is 6.30. The van der Waals surface area contributed by atoms with Gasteiger partial charge in [0.15, 0.2) is 11.5 Å². The van der Waals surface area contributed by atoms with Gasteiger partial charge in [-0.15, -0.1) is 0 Å². The Morgan fingerprint density at radius 1 is 0.941 bits per heavy atom. The maximum atomic E-state index is 6.64. The van der Waals surface area contributed by atoms with Crippen LogP contribution in [0.15, 0.2) is 78.6 Å². The third-order valence-electron chi connectivity index (χ3n) is 6.20. The molecule has 0 spiro atoms. The van der Waals surface area contributed by atoms with Crippen molar-refractivity contribution in [2.24, 2.45) is 0 Å². The highest BCUT2D eigenvalue weighted by Gasteiger charge is 2.41. The highest BCUT2D eigenvalue weighted by atomic mass is 35.5. The van der Waals surface area contributed by atoms with Gasteiger partial charge in [-0.2, -0.15) is 10.1 Å². The first kappa shape index (κ1) is 20.6. The zero-order chi connectivity index (χ0) is 23.2. The Morgan fingerprint density at radius 2 is 1.76 bits per heavy atom. The number of nitrogens with zero attached hydrogens (tertiary/aromatic N) is 3. The second-order valence-corrected chi connectivity index (χ2v) is 8.49. The molecule has 0 fully saturated rings. The van der Waals surface area contributed by atoms with E-state index in [9.17, 15) is 0 Å². The van der Waals surface area contributed by atoms with E-state index in [1.807, 2.05) is 59.3 Å². The molecule has 3 aromatic carbocycles. The van der Waals surface area contributed by atoms with Crippen LogP contribution in [0.3, 0.4) is 0 Å². The lowest BCUT2D eigenvalue weighted by Crippen LogP contribution is -2.32. The van der Waals surface area contributed by atoms with E-state index in [2.05, 4.69) is 27.5 Å². The van der Waals surface area contributed by atoms with Gasteiger partial charge in [0.25, 0.3) is 0 Å². The lowest BCUT2D eigenvalue weighted by Gasteiger charge is -2.39. The number of ether oxygens (including phenoxy) is 3. The van der Waals surface area contributed by atoms with E-state index in [-0.39, 0.29) is 6.04 Å². The van der Waals surface area contributed by atoms with Gasteiger partial charge in [0, 0.05) is 21.7 Å². The molecule has 0 saturated heterocycles. The number of nitrogens with one attached hydrogen (secondary N) is 1. The zero-order valence-electron chi connectivity index (χ0n) is 18.5. The van der Waals surface area contributed by atoms with Crippen molar-refractivity contribution < 1.29 is 14.2 Å². The predicted octanol–water partition coefficient (Wildman–Crippen LogP) is 5.51. The van der Waals surface area contributed by atoms with E-state index in [1.54, 1.807) is 20.5 Å². The summed E-state index contributed by atoms with van der Waals surface area (Å²) in [6, 6.07) is 21.5. The number of fused-ring (bicyclic) bond motifs is 3. The second kappa shape index (κ2) is 8.11. The monoisotopic (exact) mass is 472 g/mol. The first-order valence-electron chi connectivity index (χ1n) is 10.8. The first-order chi connectivity index (χ1) is 16.7. The van der Waals surface area contributed by atoms with Gasteiger partial charge in [-0.1, -0.05) is 48.0 Å². The third kappa shape index (κ3) is 3.20. The summed E-state index contributed by atoms with van der Waals surface area (Å²) in [7, 11) is 3.25. The van der Waals surface area contributed by atoms with Gasteiger partial charge >= 0.3 is 0 Å². The molecule has 7 nitrogen and oxygen atoms in total. The van der Waals surface area contributed by atoms with E-state index in [0.29, 0.717) is 22.5 Å². The number of anilines is 1. The molecule has 3 heterocycles. The summed E-state index contributed by atoms with van der Waals surface area (Å²) in [6.07, 6.45) is 1.14. The molecule has 2 aliphatic rings. The molecule has 8 heteroatoms. The smallest absolute Gasteiger partial charge is 0.226 e. The highest BCUT2D eigenvalue weighted by Crippen LogP contribution is 2.51. The molecule has 170 valence electrons. The van der Waals surface area contributed by atoms with E-state index < -0.39 is 6.10 Å². The fourth-order valence-electron chi connectivity index (χ4n) is 4.69. The average Bonchev–Trinajstić information content (AvgIpc) is 3.35. The molecule has 0 aliphatic carbocycles. The van der Waals surface area contributed by atoms with Gasteiger partial charge < -0.3 is 19.5 Å². The van der Waals surface area contributed by atoms with Crippen LogP contribution in [0.5, 0.6) is 17.2 Å². The van der Waals surface area contributed by atoms with Crippen LogP contribution in [0.2, 0.25) is 5.02 Å². The van der Waals surface area contributed by atoms with Gasteiger partial charge in [-0.3, -0.25) is 0 Å². The third-order valence-corrected chi connectivity index (χ3v) is 6.44. The normalized spacial score (nSPS) is 18.2. The van der Waals surface area contributed by atoms with Crippen LogP contribution in [0.4, 0.5) is 5.95 Å². The minimum Gasteiger partial charge on any atom is -0.493 e. The molecule has 0 radical (unpaired) electrons. The minimum atomic E-state index is -0.418. The van der Waals surface area contributed by atoms with Crippen LogP contribution in [0.1, 0.15) is 28.8 Å². The van der Waals surface area contributed by atoms with Gasteiger partial charge in [0.2, 0.25) is 5.95 Å². The molecule has 1 N–H and O–H groups in total. The van der Waals surface area contributed by atoms with Crippen LogP contribution < -0.4 is 19.5 Å². The number of hydrogen-bond donors (Lipinski definition) is 1. The molecular weight excluding hydrogens is 452 g/mol. The molecular formula is C26H21ClN4O3. The summed E-state index contributed by atoms with van der Waals surface area (Å²) < 4.78 is 19.6. The summed E-state index contributed by atoms with van der Waals surface area (Å²) in [5.41, 5.74) is 4.80. The van der Waals surface area contributed by atoms with Crippen LogP contribution in [0.25, 0.3) is 5.70 Å². The maximum Gasteiger partial charge on any atom is 0.226 e. The van der Waals surface area contributed by atoms with Gasteiger partial charge in [0.05, 0.1) is 19.9 Å². The molecule has 4 aromatic rings. The Bertz CT molecular complexity index is 1420. The summed E-state index contributed by atoms with van der Waals surface area (Å²) >= 11 is 6.40. The van der Waals surface area contributed by atoms with Crippen LogP contribution >= 0.6 is 11.6 Å². The fraction of sp³-hybridized carbons (Fsp3) is 0.154. The largest absolute Gasteiger partial charge is 0.493 e. The number of benzene rings is 3. The van der Waals surface area contributed by atoms with Gasteiger partial charge in [0.1, 0.15) is 24.2 Å². The van der Waals surface area contributed by atoms with Crippen molar-refractivity contribution in [3.63, 3.8) is 0 Å². The molecule has 1 aromatic heterocycles. The summed E-state index contributed by atoms with van der Waals surface area (Å²) in [4.78, 5) is 4.46. The van der Waals surface area contributed by atoms with E-state index in [1.165, 1.54) is 0 Å². The van der Waals surface area contributed by atoms with Crippen molar-refractivity contribution in [2.75, 3.05) is 19.5 Å². The van der Waals surface area contributed by atoms with Gasteiger partial charge in [-0.05, 0) is 35.9 Å². The standard InChI is InChI=1S/C26H21ClN4O3/c1-32-20-10-8-16(12-21(20)33-2)25-22-23(18-13-17(27)9-11-19(18)34-25)30-26-28-14-29-31(26)24(22)15-6-4-3-5-7-15/h3-14,24-25H,1-2H3,(H,28,29,30)/t24-,25-/m1/s1. The maximum absolute atomic E-state index is 6.64. The van der Waals surface area contributed by atoms with Crippen LogP contribution in [-0.4, -0.2) is 29.0 Å². The molecule has 34 heavy (non-hydrogen) atoms. The Kier molecular flexibility index (Phi) is 4.92. The molecule has 2 atom stereocenters. The average molecular weight is 473 g/mol. The molecule has 0 amide bonds. The second-order valence-electron chi connectivity index (χ2n) is 8.05. The number of rotatable bonds is 4. The molecule has 6 rings (SSSR count). The molecule has 0 unspecified atom stereocenters. The quantitative estimate of drug-likeness (QED) is 0.422. The lowest BCUT2D eigenvalue weighted by molar-refractivity contribution is 0.222. The van der Waals surface area contributed by atoms with Crippen molar-refractivity contribution in [1.29, 1.82) is 0 Å². The van der Waals surface area contributed by atoms with Crippen molar-refractivity contribution in [3.8, 4) is 17.2 Å². The fourth-order valence-corrected chi connectivity index (χ4v) is 4.86. The van der Waals surface area contributed by atoms with Crippen LogP contribution in [-0.2, 0) is 0 Å². The van der Waals surface area contributed by atoms with Crippen LogP contribution in [0, 0.1) is 0 Å². The van der Waals surface area contributed by atoms with Gasteiger partial charge in [-0.25, -0.2) is 4.68 Å². The predicted molar refractivity (Wildman–Crippen MR) is 130 cm³/mol. The summed E-state index contributed by atoms with van der Waals surface area (Å²) in [5, 5.41) is 8.67. The van der Waals surface area contributed by atoms with Crippen molar-refractivity contribution >= 4 is 23.2 Å². The summed E-state index contributed by atoms with van der Waals surface area (Å²) in [6.45, 7) is 0. The Labute approximate surface area is 201 Å². The minimum absolute atomic E-state index is 0.236.